The largest absolute Gasteiger partial charge is 0.423 e. The van der Waals surface area contributed by atoms with Gasteiger partial charge in [-0.25, -0.2) is 4.79 Å². The number of aliphatic hydroxyl groups is 1. The van der Waals surface area contributed by atoms with E-state index in [0.29, 0.717) is 18.7 Å². The Hall–Kier alpha value is -1.65. The zero-order valence-corrected chi connectivity index (χ0v) is 14.2. The van der Waals surface area contributed by atoms with Gasteiger partial charge in [0, 0.05) is 24.5 Å². The lowest BCUT2D eigenvalue weighted by molar-refractivity contribution is 0.0354. The van der Waals surface area contributed by atoms with Crippen LogP contribution in [0, 0.1) is 0 Å². The predicted molar refractivity (Wildman–Crippen MR) is 91.8 cm³/mol. The van der Waals surface area contributed by atoms with Gasteiger partial charge in [-0.05, 0) is 68.5 Å². The van der Waals surface area contributed by atoms with E-state index >= 15 is 0 Å². The van der Waals surface area contributed by atoms with E-state index in [-0.39, 0.29) is 5.63 Å². The summed E-state index contributed by atoms with van der Waals surface area (Å²) in [6.07, 6.45) is 3.34. The van der Waals surface area contributed by atoms with Crippen molar-refractivity contribution in [3.8, 4) is 0 Å². The summed E-state index contributed by atoms with van der Waals surface area (Å²) in [5.41, 5.74) is 3.29. The molecule has 0 spiro atoms. The van der Waals surface area contributed by atoms with Gasteiger partial charge in [-0.15, -0.1) is 0 Å². The summed E-state index contributed by atoms with van der Waals surface area (Å²) in [6, 6.07) is 5.82. The SMILES string of the molecule is CCN(Cc1cc(=O)oc2cc3c(cc12)CCC3)CC(C)(C)O. The van der Waals surface area contributed by atoms with E-state index in [2.05, 4.69) is 17.9 Å². The Morgan fingerprint density at radius 2 is 1.91 bits per heavy atom. The van der Waals surface area contributed by atoms with Crippen LogP contribution >= 0.6 is 0 Å². The van der Waals surface area contributed by atoms with Crippen LogP contribution in [0.3, 0.4) is 0 Å². The maximum Gasteiger partial charge on any atom is 0.336 e. The van der Waals surface area contributed by atoms with Crippen LogP contribution in [0.1, 0.15) is 43.9 Å². The molecular weight excluding hydrogens is 290 g/mol. The van der Waals surface area contributed by atoms with Gasteiger partial charge in [0.1, 0.15) is 5.58 Å². The second kappa shape index (κ2) is 6.10. The van der Waals surface area contributed by atoms with Crippen molar-refractivity contribution in [1.82, 2.24) is 4.90 Å². The molecule has 0 saturated heterocycles. The number of benzene rings is 1. The fraction of sp³-hybridized carbons (Fsp3) is 0.526. The second-order valence-electron chi connectivity index (χ2n) is 7.18. The summed E-state index contributed by atoms with van der Waals surface area (Å²) in [4.78, 5) is 14.1. The highest BCUT2D eigenvalue weighted by Gasteiger charge is 2.20. The van der Waals surface area contributed by atoms with Gasteiger partial charge in [0.2, 0.25) is 0 Å². The summed E-state index contributed by atoms with van der Waals surface area (Å²) < 4.78 is 5.42. The highest BCUT2D eigenvalue weighted by atomic mass is 16.4. The highest BCUT2D eigenvalue weighted by molar-refractivity contribution is 5.82. The van der Waals surface area contributed by atoms with E-state index in [1.54, 1.807) is 19.9 Å². The van der Waals surface area contributed by atoms with Gasteiger partial charge >= 0.3 is 5.63 Å². The Morgan fingerprint density at radius 3 is 2.57 bits per heavy atom. The van der Waals surface area contributed by atoms with Crippen molar-refractivity contribution in [1.29, 1.82) is 0 Å². The molecule has 0 fully saturated rings. The maximum atomic E-state index is 11.9. The van der Waals surface area contributed by atoms with Crippen molar-refractivity contribution < 1.29 is 9.52 Å². The van der Waals surface area contributed by atoms with Gasteiger partial charge < -0.3 is 9.52 Å². The van der Waals surface area contributed by atoms with Gasteiger partial charge in [0.05, 0.1) is 5.60 Å². The zero-order valence-electron chi connectivity index (χ0n) is 14.2. The lowest BCUT2D eigenvalue weighted by Gasteiger charge is -2.28. The van der Waals surface area contributed by atoms with Gasteiger partial charge in [0.25, 0.3) is 0 Å². The number of hydrogen-bond donors (Lipinski definition) is 1. The van der Waals surface area contributed by atoms with E-state index in [1.165, 1.54) is 17.5 Å². The van der Waals surface area contributed by atoms with Gasteiger partial charge in [-0.2, -0.15) is 0 Å². The average Bonchev–Trinajstić information content (AvgIpc) is 2.90. The molecule has 0 bridgehead atoms. The van der Waals surface area contributed by atoms with Crippen molar-refractivity contribution in [3.05, 3.63) is 45.3 Å². The molecule has 1 aliphatic carbocycles. The highest BCUT2D eigenvalue weighted by Crippen LogP contribution is 2.29. The van der Waals surface area contributed by atoms with Crippen LogP contribution in [-0.4, -0.2) is 28.7 Å². The molecule has 124 valence electrons. The molecule has 4 nitrogen and oxygen atoms in total. The molecule has 0 saturated carbocycles. The molecule has 1 heterocycles. The van der Waals surface area contributed by atoms with Crippen LogP contribution in [0.5, 0.6) is 0 Å². The Bertz CT molecular complexity index is 771. The molecule has 3 rings (SSSR count). The minimum atomic E-state index is -0.757. The van der Waals surface area contributed by atoms with Gasteiger partial charge in [-0.3, -0.25) is 4.90 Å². The number of hydrogen-bond acceptors (Lipinski definition) is 4. The minimum absolute atomic E-state index is 0.301. The summed E-state index contributed by atoms with van der Waals surface area (Å²) in [5, 5.41) is 11.1. The lowest BCUT2D eigenvalue weighted by atomic mass is 10.0. The van der Waals surface area contributed by atoms with E-state index in [4.69, 9.17) is 4.42 Å². The van der Waals surface area contributed by atoms with Crippen LogP contribution in [0.2, 0.25) is 0 Å². The monoisotopic (exact) mass is 315 g/mol. The first-order valence-electron chi connectivity index (χ1n) is 8.39. The molecule has 0 atom stereocenters. The predicted octanol–water partition coefficient (Wildman–Crippen LogP) is 2.87. The van der Waals surface area contributed by atoms with Crippen LogP contribution in [0.4, 0.5) is 0 Å². The Morgan fingerprint density at radius 1 is 1.22 bits per heavy atom. The first-order valence-corrected chi connectivity index (χ1v) is 8.39. The summed E-state index contributed by atoms with van der Waals surface area (Å²) >= 11 is 0. The fourth-order valence-electron chi connectivity index (χ4n) is 3.49. The number of nitrogens with zero attached hydrogens (tertiary/aromatic N) is 1. The van der Waals surface area contributed by atoms with Crippen molar-refractivity contribution in [3.63, 3.8) is 0 Å². The molecule has 0 unspecified atom stereocenters. The van der Waals surface area contributed by atoms with E-state index in [0.717, 1.165) is 30.3 Å². The van der Waals surface area contributed by atoms with Gasteiger partial charge in [-0.1, -0.05) is 6.92 Å². The number of likely N-dealkylation sites (N-methyl/N-ethyl adjacent to an activating group) is 1. The third-order valence-corrected chi connectivity index (χ3v) is 4.49. The topological polar surface area (TPSA) is 53.7 Å². The smallest absolute Gasteiger partial charge is 0.336 e. The van der Waals surface area contributed by atoms with Crippen LogP contribution < -0.4 is 5.63 Å². The molecule has 0 aliphatic heterocycles. The third kappa shape index (κ3) is 3.65. The standard InChI is InChI=1S/C19H25NO3/c1-4-20(12-19(2,3)22)11-15-10-18(21)23-17-9-14-7-5-6-13(14)8-16(15)17/h8-10,22H,4-7,11-12H2,1-3H3. The Balaban J connectivity index is 2.01. The summed E-state index contributed by atoms with van der Waals surface area (Å²) in [7, 11) is 0. The van der Waals surface area contributed by atoms with Crippen LogP contribution in [0.15, 0.2) is 27.4 Å². The first kappa shape index (κ1) is 16.2. The van der Waals surface area contributed by atoms with Gasteiger partial charge in [0.15, 0.2) is 0 Å². The molecule has 1 aromatic carbocycles. The lowest BCUT2D eigenvalue weighted by Crippen LogP contribution is -2.38. The molecule has 1 aromatic heterocycles. The van der Waals surface area contributed by atoms with Crippen molar-refractivity contribution in [2.24, 2.45) is 0 Å². The molecule has 1 aliphatic rings. The third-order valence-electron chi connectivity index (χ3n) is 4.49. The Kier molecular flexibility index (Phi) is 4.30. The molecule has 0 radical (unpaired) electrons. The maximum absolute atomic E-state index is 11.9. The molecule has 0 amide bonds. The summed E-state index contributed by atoms with van der Waals surface area (Å²) in [6.45, 7) is 7.70. The number of aryl methyl sites for hydroxylation is 2. The normalized spacial score (nSPS) is 14.7. The molecule has 2 aromatic rings. The van der Waals surface area contributed by atoms with E-state index in [1.807, 2.05) is 6.07 Å². The van der Waals surface area contributed by atoms with Crippen molar-refractivity contribution in [2.45, 2.75) is 52.2 Å². The van der Waals surface area contributed by atoms with Crippen molar-refractivity contribution in [2.75, 3.05) is 13.1 Å². The molecule has 1 N–H and O–H groups in total. The second-order valence-corrected chi connectivity index (χ2v) is 7.18. The average molecular weight is 315 g/mol. The van der Waals surface area contributed by atoms with Crippen molar-refractivity contribution >= 4 is 11.0 Å². The zero-order chi connectivity index (χ0) is 16.6. The quantitative estimate of drug-likeness (QED) is 0.862. The number of fused-ring (bicyclic) bond motifs is 2. The molecule has 4 heteroatoms. The van der Waals surface area contributed by atoms with E-state index in [9.17, 15) is 9.90 Å². The summed E-state index contributed by atoms with van der Waals surface area (Å²) in [5.74, 6) is 0. The van der Waals surface area contributed by atoms with E-state index < -0.39 is 5.60 Å². The Labute approximate surface area is 136 Å². The van der Waals surface area contributed by atoms with Crippen LogP contribution in [0.25, 0.3) is 11.0 Å². The fourth-order valence-corrected chi connectivity index (χ4v) is 3.49. The molecular formula is C19H25NO3. The first-order chi connectivity index (χ1) is 10.9. The minimum Gasteiger partial charge on any atom is -0.423 e. The number of rotatable bonds is 5. The molecule has 23 heavy (non-hydrogen) atoms. The van der Waals surface area contributed by atoms with Crippen LogP contribution in [-0.2, 0) is 19.4 Å².